The third kappa shape index (κ3) is 3.07. The zero-order valence-corrected chi connectivity index (χ0v) is 8.54. The fourth-order valence-electron chi connectivity index (χ4n) is 0.971. The number of carboxylic acids is 1. The van der Waals surface area contributed by atoms with Gasteiger partial charge in [0.05, 0.1) is 5.56 Å². The molecular formula is C9H10N2O5. The van der Waals surface area contributed by atoms with Crippen LogP contribution >= 0.6 is 0 Å². The third-order valence-electron chi connectivity index (χ3n) is 1.63. The van der Waals surface area contributed by atoms with E-state index in [1.54, 1.807) is 0 Å². The van der Waals surface area contributed by atoms with Crippen LogP contribution in [-0.4, -0.2) is 41.2 Å². The first-order valence-electron chi connectivity index (χ1n) is 4.30. The summed E-state index contributed by atoms with van der Waals surface area (Å²) in [6.07, 6.45) is 1.54. The third-order valence-corrected chi connectivity index (χ3v) is 1.63. The van der Waals surface area contributed by atoms with Crippen LogP contribution in [0, 0.1) is 0 Å². The minimum atomic E-state index is -1.28. The lowest BCUT2D eigenvalue weighted by Gasteiger charge is -2.03. The van der Waals surface area contributed by atoms with E-state index in [0.29, 0.717) is 6.29 Å². The number of aldehydes is 1. The number of aromatic nitrogens is 2. The second-order valence-electron chi connectivity index (χ2n) is 2.77. The quantitative estimate of drug-likeness (QED) is 0.417. The number of nitrogens with zero attached hydrogens (tertiary/aromatic N) is 2. The van der Waals surface area contributed by atoms with Gasteiger partial charge in [0.25, 0.3) is 0 Å². The standard InChI is InChI=1S/C9H10N2O5/c1-15-5-16-4-7-10-2-6(3-12)8(11-7)9(13)14/h2-3H,4-5H2,1H3,(H,13,14). The number of hydrogen-bond acceptors (Lipinski definition) is 6. The predicted octanol–water partition coefficient (Wildman–Crippen LogP) is 0.108. The van der Waals surface area contributed by atoms with Crippen LogP contribution in [0.15, 0.2) is 6.20 Å². The summed E-state index contributed by atoms with van der Waals surface area (Å²) in [5.41, 5.74) is -0.399. The molecule has 0 unspecified atom stereocenters. The Morgan fingerprint density at radius 1 is 1.62 bits per heavy atom. The van der Waals surface area contributed by atoms with E-state index in [4.69, 9.17) is 9.84 Å². The summed E-state index contributed by atoms with van der Waals surface area (Å²) in [4.78, 5) is 28.7. The Hall–Kier alpha value is -1.86. The van der Waals surface area contributed by atoms with Crippen LogP contribution in [-0.2, 0) is 16.1 Å². The van der Waals surface area contributed by atoms with Gasteiger partial charge in [-0.3, -0.25) is 4.79 Å². The van der Waals surface area contributed by atoms with E-state index in [1.807, 2.05) is 0 Å². The van der Waals surface area contributed by atoms with Gasteiger partial charge in [0.1, 0.15) is 13.4 Å². The maximum Gasteiger partial charge on any atom is 0.355 e. The van der Waals surface area contributed by atoms with Crippen molar-refractivity contribution in [3.05, 3.63) is 23.3 Å². The van der Waals surface area contributed by atoms with Crippen molar-refractivity contribution in [1.29, 1.82) is 0 Å². The molecule has 1 aromatic heterocycles. The van der Waals surface area contributed by atoms with Gasteiger partial charge in [-0.15, -0.1) is 0 Å². The van der Waals surface area contributed by atoms with Gasteiger partial charge in [0.15, 0.2) is 17.8 Å². The second kappa shape index (κ2) is 5.89. The van der Waals surface area contributed by atoms with Crippen molar-refractivity contribution >= 4 is 12.3 Å². The van der Waals surface area contributed by atoms with Crippen LogP contribution in [0.1, 0.15) is 26.7 Å². The molecule has 1 N–H and O–H groups in total. The highest BCUT2D eigenvalue weighted by atomic mass is 16.7. The Labute approximate surface area is 91.0 Å². The van der Waals surface area contributed by atoms with Gasteiger partial charge in [-0.2, -0.15) is 0 Å². The second-order valence-corrected chi connectivity index (χ2v) is 2.77. The van der Waals surface area contributed by atoms with E-state index < -0.39 is 5.97 Å². The lowest BCUT2D eigenvalue weighted by molar-refractivity contribution is -0.0412. The summed E-state index contributed by atoms with van der Waals surface area (Å²) >= 11 is 0. The summed E-state index contributed by atoms with van der Waals surface area (Å²) in [5, 5.41) is 8.78. The highest BCUT2D eigenvalue weighted by molar-refractivity contribution is 5.94. The molecule has 0 saturated heterocycles. The maximum atomic E-state index is 10.7. The zero-order valence-electron chi connectivity index (χ0n) is 8.54. The predicted molar refractivity (Wildman–Crippen MR) is 51.0 cm³/mol. The molecule has 1 aromatic rings. The maximum absolute atomic E-state index is 10.7. The molecule has 0 aromatic carbocycles. The minimum absolute atomic E-state index is 0.0211. The lowest BCUT2D eigenvalue weighted by atomic mass is 10.2. The van der Waals surface area contributed by atoms with E-state index in [-0.39, 0.29) is 30.5 Å². The van der Waals surface area contributed by atoms with E-state index in [0.717, 1.165) is 6.20 Å². The van der Waals surface area contributed by atoms with E-state index in [1.165, 1.54) is 7.11 Å². The number of ether oxygens (including phenoxy) is 2. The van der Waals surface area contributed by atoms with E-state index in [9.17, 15) is 9.59 Å². The molecule has 86 valence electrons. The first-order chi connectivity index (χ1) is 7.69. The summed E-state index contributed by atoms with van der Waals surface area (Å²) in [6, 6.07) is 0. The van der Waals surface area contributed by atoms with Crippen LogP contribution in [0.25, 0.3) is 0 Å². The number of hydrogen-bond donors (Lipinski definition) is 1. The van der Waals surface area contributed by atoms with E-state index in [2.05, 4.69) is 14.7 Å². The van der Waals surface area contributed by atoms with Gasteiger partial charge >= 0.3 is 5.97 Å². The van der Waals surface area contributed by atoms with Gasteiger partial charge in [-0.05, 0) is 0 Å². The molecule has 1 rings (SSSR count). The SMILES string of the molecule is COCOCc1ncc(C=O)c(C(=O)O)n1. The number of rotatable bonds is 6. The molecule has 7 nitrogen and oxygen atoms in total. The average molecular weight is 226 g/mol. The average Bonchev–Trinajstić information content (AvgIpc) is 2.29. The Morgan fingerprint density at radius 3 is 2.94 bits per heavy atom. The van der Waals surface area contributed by atoms with Crippen molar-refractivity contribution in [1.82, 2.24) is 9.97 Å². The molecule has 0 radical (unpaired) electrons. The Kier molecular flexibility index (Phi) is 4.49. The number of methoxy groups -OCH3 is 1. The lowest BCUT2D eigenvalue weighted by Crippen LogP contribution is -2.10. The van der Waals surface area contributed by atoms with Crippen molar-refractivity contribution in [2.45, 2.75) is 6.61 Å². The fourth-order valence-corrected chi connectivity index (χ4v) is 0.971. The normalized spacial score (nSPS) is 10.1. The van der Waals surface area contributed by atoms with Crippen LogP contribution < -0.4 is 0 Å². The first-order valence-corrected chi connectivity index (χ1v) is 4.30. The summed E-state index contributed by atoms with van der Waals surface area (Å²) in [6.45, 7) is 0.0778. The summed E-state index contributed by atoms with van der Waals surface area (Å²) < 4.78 is 9.58. The van der Waals surface area contributed by atoms with Crippen LogP contribution in [0.5, 0.6) is 0 Å². The van der Waals surface area contributed by atoms with Crippen molar-refractivity contribution < 1.29 is 24.2 Å². The first kappa shape index (κ1) is 12.2. The minimum Gasteiger partial charge on any atom is -0.476 e. The smallest absolute Gasteiger partial charge is 0.355 e. The molecule has 0 amide bonds. The van der Waals surface area contributed by atoms with Gasteiger partial charge < -0.3 is 14.6 Å². The summed E-state index contributed by atoms with van der Waals surface area (Å²) in [7, 11) is 1.46. The molecule has 0 atom stereocenters. The Morgan fingerprint density at radius 2 is 2.38 bits per heavy atom. The van der Waals surface area contributed by atoms with Gasteiger partial charge in [-0.25, -0.2) is 14.8 Å². The van der Waals surface area contributed by atoms with E-state index >= 15 is 0 Å². The van der Waals surface area contributed by atoms with Crippen LogP contribution in [0.2, 0.25) is 0 Å². The fraction of sp³-hybridized carbons (Fsp3) is 0.333. The van der Waals surface area contributed by atoms with Crippen molar-refractivity contribution in [2.24, 2.45) is 0 Å². The number of carbonyl (C=O) groups excluding carboxylic acids is 1. The molecule has 0 saturated carbocycles. The molecular weight excluding hydrogens is 216 g/mol. The highest BCUT2D eigenvalue weighted by Gasteiger charge is 2.13. The van der Waals surface area contributed by atoms with Gasteiger partial charge in [0.2, 0.25) is 0 Å². The zero-order chi connectivity index (χ0) is 12.0. The van der Waals surface area contributed by atoms with Crippen LogP contribution in [0.3, 0.4) is 0 Å². The van der Waals surface area contributed by atoms with Crippen LogP contribution in [0.4, 0.5) is 0 Å². The Balaban J connectivity index is 2.85. The molecule has 0 bridgehead atoms. The topological polar surface area (TPSA) is 98.6 Å². The Bertz CT molecular complexity index is 393. The van der Waals surface area contributed by atoms with Gasteiger partial charge in [-0.1, -0.05) is 0 Å². The molecule has 1 heterocycles. The number of carboxylic acid groups (broad SMARTS) is 1. The van der Waals surface area contributed by atoms with Crippen molar-refractivity contribution in [3.8, 4) is 0 Å². The molecule has 0 fully saturated rings. The molecule has 0 aliphatic heterocycles. The highest BCUT2D eigenvalue weighted by Crippen LogP contribution is 2.04. The molecule has 16 heavy (non-hydrogen) atoms. The van der Waals surface area contributed by atoms with Gasteiger partial charge in [0, 0.05) is 13.3 Å². The number of aromatic carboxylic acids is 1. The molecule has 7 heteroatoms. The van der Waals surface area contributed by atoms with Crippen molar-refractivity contribution in [2.75, 3.05) is 13.9 Å². The monoisotopic (exact) mass is 226 g/mol. The molecule has 0 aliphatic carbocycles. The largest absolute Gasteiger partial charge is 0.476 e. The molecule has 0 spiro atoms. The summed E-state index contributed by atoms with van der Waals surface area (Å²) in [5.74, 6) is -1.10. The molecule has 0 aliphatic rings. The van der Waals surface area contributed by atoms with Crippen molar-refractivity contribution in [3.63, 3.8) is 0 Å². The number of carbonyl (C=O) groups is 2.